The number of ether oxygens (including phenoxy) is 1. The predicted molar refractivity (Wildman–Crippen MR) is 91.2 cm³/mol. The second-order valence-electron chi connectivity index (χ2n) is 5.27. The molecule has 2 rings (SSSR count). The van der Waals surface area contributed by atoms with E-state index in [2.05, 4.69) is 10.6 Å². The number of halogens is 4. The highest BCUT2D eigenvalue weighted by molar-refractivity contribution is 6.30. The first-order valence-electron chi connectivity index (χ1n) is 7.29. The minimum Gasteiger partial charge on any atom is -0.497 e. The smallest absolute Gasteiger partial charge is 0.418 e. The van der Waals surface area contributed by atoms with Gasteiger partial charge in [-0.3, -0.25) is 4.79 Å². The van der Waals surface area contributed by atoms with Crippen molar-refractivity contribution in [2.45, 2.75) is 19.1 Å². The summed E-state index contributed by atoms with van der Waals surface area (Å²) in [5.41, 5.74) is -0.703. The van der Waals surface area contributed by atoms with Crippen LogP contribution in [0.25, 0.3) is 0 Å². The SMILES string of the molecule is COc1ccc(NC(C)C(=O)Nc2ccc(Cl)cc2C(F)(F)F)cc1. The number of hydrogen-bond donors (Lipinski definition) is 2. The minimum absolute atomic E-state index is 0.0604. The number of benzene rings is 2. The third-order valence-corrected chi connectivity index (χ3v) is 3.65. The van der Waals surface area contributed by atoms with Crippen LogP contribution in [0.2, 0.25) is 5.02 Å². The zero-order chi connectivity index (χ0) is 18.6. The Bertz CT molecular complexity index is 749. The number of rotatable bonds is 5. The first-order valence-corrected chi connectivity index (χ1v) is 7.66. The van der Waals surface area contributed by atoms with E-state index in [1.165, 1.54) is 13.2 Å². The zero-order valence-corrected chi connectivity index (χ0v) is 14.2. The number of methoxy groups -OCH3 is 1. The quantitative estimate of drug-likeness (QED) is 0.792. The normalized spacial score (nSPS) is 12.4. The summed E-state index contributed by atoms with van der Waals surface area (Å²) in [6, 6.07) is 9.24. The number of nitrogens with one attached hydrogen (secondary N) is 2. The van der Waals surface area contributed by atoms with Crippen LogP contribution in [0.4, 0.5) is 24.5 Å². The van der Waals surface area contributed by atoms with Crippen LogP contribution in [0.15, 0.2) is 42.5 Å². The zero-order valence-electron chi connectivity index (χ0n) is 13.4. The molecular weight excluding hydrogens is 357 g/mol. The van der Waals surface area contributed by atoms with E-state index in [4.69, 9.17) is 16.3 Å². The Balaban J connectivity index is 2.10. The molecular formula is C17H16ClF3N2O2. The van der Waals surface area contributed by atoms with Crippen LogP contribution in [-0.4, -0.2) is 19.1 Å². The maximum Gasteiger partial charge on any atom is 0.418 e. The lowest BCUT2D eigenvalue weighted by atomic mass is 10.1. The van der Waals surface area contributed by atoms with E-state index in [0.29, 0.717) is 11.4 Å². The first kappa shape index (κ1) is 18.9. The van der Waals surface area contributed by atoms with E-state index >= 15 is 0 Å². The van der Waals surface area contributed by atoms with Gasteiger partial charge in [0.1, 0.15) is 11.8 Å². The average Bonchev–Trinajstić information content (AvgIpc) is 2.56. The number of hydrogen-bond acceptors (Lipinski definition) is 3. The van der Waals surface area contributed by atoms with Crippen molar-refractivity contribution >= 4 is 28.9 Å². The summed E-state index contributed by atoms with van der Waals surface area (Å²) in [5, 5.41) is 5.13. The molecule has 0 aliphatic rings. The van der Waals surface area contributed by atoms with Crippen LogP contribution in [0.3, 0.4) is 0 Å². The van der Waals surface area contributed by atoms with Crippen LogP contribution >= 0.6 is 11.6 Å². The monoisotopic (exact) mass is 372 g/mol. The molecule has 2 N–H and O–H groups in total. The Morgan fingerprint density at radius 1 is 1.16 bits per heavy atom. The van der Waals surface area contributed by atoms with Gasteiger partial charge in [-0.1, -0.05) is 11.6 Å². The Morgan fingerprint density at radius 2 is 1.80 bits per heavy atom. The molecule has 25 heavy (non-hydrogen) atoms. The summed E-state index contributed by atoms with van der Waals surface area (Å²) in [6.45, 7) is 1.54. The largest absolute Gasteiger partial charge is 0.497 e. The molecule has 1 atom stereocenters. The molecule has 4 nitrogen and oxygen atoms in total. The van der Waals surface area contributed by atoms with Gasteiger partial charge < -0.3 is 15.4 Å². The van der Waals surface area contributed by atoms with Crippen molar-refractivity contribution in [3.8, 4) is 5.75 Å². The molecule has 0 aromatic heterocycles. The van der Waals surface area contributed by atoms with Crippen LogP contribution in [-0.2, 0) is 11.0 Å². The van der Waals surface area contributed by atoms with Gasteiger partial charge in [0, 0.05) is 10.7 Å². The van der Waals surface area contributed by atoms with Gasteiger partial charge in [-0.05, 0) is 49.4 Å². The van der Waals surface area contributed by atoms with E-state index in [0.717, 1.165) is 12.1 Å². The maximum atomic E-state index is 13.1. The van der Waals surface area contributed by atoms with Gasteiger partial charge in [0.15, 0.2) is 0 Å². The van der Waals surface area contributed by atoms with Crippen LogP contribution in [0, 0.1) is 0 Å². The molecule has 2 aromatic carbocycles. The lowest BCUT2D eigenvalue weighted by Gasteiger charge is -2.18. The molecule has 0 radical (unpaired) electrons. The molecule has 0 heterocycles. The van der Waals surface area contributed by atoms with Crippen molar-refractivity contribution in [2.24, 2.45) is 0 Å². The predicted octanol–water partition coefficient (Wildman–Crippen LogP) is 4.81. The van der Waals surface area contributed by atoms with Crippen molar-refractivity contribution in [3.63, 3.8) is 0 Å². The van der Waals surface area contributed by atoms with Crippen molar-refractivity contribution in [3.05, 3.63) is 53.1 Å². The Morgan fingerprint density at radius 3 is 2.36 bits per heavy atom. The van der Waals surface area contributed by atoms with Gasteiger partial charge >= 0.3 is 6.18 Å². The van der Waals surface area contributed by atoms with Crippen LogP contribution < -0.4 is 15.4 Å². The lowest BCUT2D eigenvalue weighted by molar-refractivity contribution is -0.137. The van der Waals surface area contributed by atoms with Crippen molar-refractivity contribution in [2.75, 3.05) is 17.7 Å². The molecule has 0 bridgehead atoms. The molecule has 2 aromatic rings. The van der Waals surface area contributed by atoms with Crippen molar-refractivity contribution in [1.82, 2.24) is 0 Å². The van der Waals surface area contributed by atoms with Gasteiger partial charge in [0.05, 0.1) is 18.4 Å². The van der Waals surface area contributed by atoms with Crippen LogP contribution in [0.5, 0.6) is 5.75 Å². The van der Waals surface area contributed by atoms with Gasteiger partial charge in [0.2, 0.25) is 5.91 Å². The summed E-state index contributed by atoms with van der Waals surface area (Å²) in [7, 11) is 1.53. The summed E-state index contributed by atoms with van der Waals surface area (Å²) >= 11 is 5.62. The van der Waals surface area contributed by atoms with Gasteiger partial charge in [-0.15, -0.1) is 0 Å². The first-order chi connectivity index (χ1) is 11.7. The third kappa shape index (κ3) is 5.03. The second-order valence-corrected chi connectivity index (χ2v) is 5.71. The Hall–Kier alpha value is -2.41. The highest BCUT2D eigenvalue weighted by Crippen LogP contribution is 2.36. The van der Waals surface area contributed by atoms with E-state index in [1.54, 1.807) is 31.2 Å². The standard InChI is InChI=1S/C17H16ClF3N2O2/c1-10(22-12-4-6-13(25-2)7-5-12)16(24)23-15-8-3-11(18)9-14(15)17(19,20)21/h3-10,22H,1-2H3,(H,23,24). The molecule has 0 saturated carbocycles. The highest BCUT2D eigenvalue weighted by Gasteiger charge is 2.34. The fraction of sp³-hybridized carbons (Fsp3) is 0.235. The highest BCUT2D eigenvalue weighted by atomic mass is 35.5. The van der Waals surface area contributed by atoms with Crippen molar-refractivity contribution in [1.29, 1.82) is 0 Å². The Kier molecular flexibility index (Phi) is 5.79. The van der Waals surface area contributed by atoms with E-state index < -0.39 is 23.7 Å². The molecule has 0 saturated heterocycles. The summed E-state index contributed by atoms with van der Waals surface area (Å²) < 4.78 is 44.2. The van der Waals surface area contributed by atoms with Crippen LogP contribution in [0.1, 0.15) is 12.5 Å². The van der Waals surface area contributed by atoms with Gasteiger partial charge in [-0.25, -0.2) is 0 Å². The maximum absolute atomic E-state index is 13.1. The number of carbonyl (C=O) groups excluding carboxylic acids is 1. The van der Waals surface area contributed by atoms with E-state index in [9.17, 15) is 18.0 Å². The van der Waals surface area contributed by atoms with Gasteiger partial charge in [-0.2, -0.15) is 13.2 Å². The Labute approximate surface area is 147 Å². The van der Waals surface area contributed by atoms with E-state index in [-0.39, 0.29) is 10.7 Å². The molecule has 0 spiro atoms. The molecule has 0 fully saturated rings. The molecule has 1 amide bonds. The summed E-state index contributed by atoms with van der Waals surface area (Å²) in [6.07, 6.45) is -4.62. The van der Waals surface area contributed by atoms with Crippen molar-refractivity contribution < 1.29 is 22.7 Å². The molecule has 1 unspecified atom stereocenters. The number of alkyl halides is 3. The average molecular weight is 373 g/mol. The molecule has 134 valence electrons. The fourth-order valence-electron chi connectivity index (χ4n) is 2.10. The minimum atomic E-state index is -4.62. The topological polar surface area (TPSA) is 50.4 Å². The van der Waals surface area contributed by atoms with E-state index in [1.807, 2.05) is 0 Å². The second kappa shape index (κ2) is 7.65. The lowest BCUT2D eigenvalue weighted by Crippen LogP contribution is -2.32. The molecule has 0 aliphatic heterocycles. The summed E-state index contributed by atoms with van der Waals surface area (Å²) in [4.78, 5) is 12.2. The summed E-state index contributed by atoms with van der Waals surface area (Å²) in [5.74, 6) is 0.0438. The number of anilines is 2. The van der Waals surface area contributed by atoms with Gasteiger partial charge in [0.25, 0.3) is 0 Å². The molecule has 0 aliphatic carbocycles. The fourth-order valence-corrected chi connectivity index (χ4v) is 2.28. The number of carbonyl (C=O) groups is 1. The third-order valence-electron chi connectivity index (χ3n) is 3.41. The number of amides is 1. The molecule has 8 heteroatoms.